The second kappa shape index (κ2) is 3.51. The Balaban J connectivity index is 1.80. The molecule has 2 nitrogen and oxygen atoms in total. The van der Waals surface area contributed by atoms with Crippen LogP contribution in [-0.2, 0) is 14.5 Å². The second-order valence-electron chi connectivity index (χ2n) is 6.31. The molecule has 3 fully saturated rings. The summed E-state index contributed by atoms with van der Waals surface area (Å²) in [6, 6.07) is 6.57. The quantitative estimate of drug-likeness (QED) is 0.798. The van der Waals surface area contributed by atoms with Crippen LogP contribution in [0.2, 0.25) is 0 Å². The molecule has 0 heterocycles. The van der Waals surface area contributed by atoms with Crippen molar-refractivity contribution in [2.75, 3.05) is 5.75 Å². The van der Waals surface area contributed by atoms with E-state index in [1.165, 1.54) is 16.7 Å². The van der Waals surface area contributed by atoms with Crippen molar-refractivity contribution in [1.82, 2.24) is 0 Å². The van der Waals surface area contributed by atoms with Crippen LogP contribution in [0.4, 0.5) is 0 Å². The van der Waals surface area contributed by atoms with E-state index in [2.05, 4.69) is 32.0 Å². The molecule has 18 heavy (non-hydrogen) atoms. The first kappa shape index (κ1) is 12.5. The molecule has 0 aromatic heterocycles. The minimum Gasteiger partial charge on any atom is -0.212 e. The predicted octanol–water partition coefficient (Wildman–Crippen LogP) is 3.29. The van der Waals surface area contributed by atoms with Crippen LogP contribution in [-0.4, -0.2) is 14.2 Å². The molecule has 1 aromatic carbocycles. The molecule has 0 saturated heterocycles. The van der Waals surface area contributed by atoms with Gasteiger partial charge in [-0.25, -0.2) is 8.42 Å². The Morgan fingerprint density at radius 1 is 1.22 bits per heavy atom. The maximum atomic E-state index is 11.2. The normalized spacial score (nSPS) is 33.7. The van der Waals surface area contributed by atoms with E-state index in [1.807, 2.05) is 0 Å². The van der Waals surface area contributed by atoms with Crippen LogP contribution in [0.3, 0.4) is 0 Å². The van der Waals surface area contributed by atoms with Crippen LogP contribution < -0.4 is 0 Å². The van der Waals surface area contributed by atoms with E-state index >= 15 is 0 Å². The predicted molar refractivity (Wildman–Crippen MR) is 73.5 cm³/mol. The lowest BCUT2D eigenvalue weighted by molar-refractivity contribution is -0.122. The van der Waals surface area contributed by atoms with Gasteiger partial charge in [-0.2, -0.15) is 0 Å². The Morgan fingerprint density at radius 3 is 2.33 bits per heavy atom. The van der Waals surface area contributed by atoms with E-state index < -0.39 is 9.05 Å². The van der Waals surface area contributed by atoms with Crippen molar-refractivity contribution in [1.29, 1.82) is 0 Å². The standard InChI is InChI=1S/C14H17ClO2S/c1-10-3-4-12(11(2)5-10)14-6-13(7-14,8-14)9-18(15,16)17/h3-5H,6-9H2,1-2H3. The summed E-state index contributed by atoms with van der Waals surface area (Å²) in [4.78, 5) is 0. The van der Waals surface area contributed by atoms with Gasteiger partial charge in [-0.05, 0) is 55.1 Å². The van der Waals surface area contributed by atoms with Gasteiger partial charge >= 0.3 is 0 Å². The Labute approximate surface area is 113 Å². The van der Waals surface area contributed by atoms with E-state index in [0.29, 0.717) is 0 Å². The van der Waals surface area contributed by atoms with Gasteiger partial charge in [-0.3, -0.25) is 0 Å². The van der Waals surface area contributed by atoms with Gasteiger partial charge in [0.1, 0.15) is 0 Å². The summed E-state index contributed by atoms with van der Waals surface area (Å²) in [5.41, 5.74) is 4.25. The monoisotopic (exact) mass is 284 g/mol. The Morgan fingerprint density at radius 2 is 1.83 bits per heavy atom. The highest BCUT2D eigenvalue weighted by molar-refractivity contribution is 8.13. The van der Waals surface area contributed by atoms with Gasteiger partial charge < -0.3 is 0 Å². The molecular formula is C14H17ClO2S. The molecule has 98 valence electrons. The van der Waals surface area contributed by atoms with E-state index in [4.69, 9.17) is 10.7 Å². The minimum atomic E-state index is -3.36. The van der Waals surface area contributed by atoms with E-state index in [-0.39, 0.29) is 16.6 Å². The molecule has 3 saturated carbocycles. The number of halogens is 1. The third kappa shape index (κ3) is 1.79. The van der Waals surface area contributed by atoms with Crippen LogP contribution in [0.5, 0.6) is 0 Å². The molecule has 0 N–H and O–H groups in total. The number of benzene rings is 1. The summed E-state index contributed by atoms with van der Waals surface area (Å²) in [7, 11) is 2.01. The molecule has 0 amide bonds. The third-order valence-corrected chi connectivity index (χ3v) is 5.86. The van der Waals surface area contributed by atoms with Gasteiger partial charge in [0.15, 0.2) is 0 Å². The maximum Gasteiger partial charge on any atom is 0.233 e. The molecule has 2 bridgehead atoms. The Kier molecular flexibility index (Phi) is 2.44. The SMILES string of the molecule is Cc1ccc(C23CC(CS(=O)(=O)Cl)(C2)C3)c(C)c1. The van der Waals surface area contributed by atoms with Crippen molar-refractivity contribution in [3.8, 4) is 0 Å². The fraction of sp³-hybridized carbons (Fsp3) is 0.571. The Hall–Kier alpha value is -0.540. The molecule has 3 aliphatic rings. The van der Waals surface area contributed by atoms with Gasteiger partial charge in [-0.1, -0.05) is 23.8 Å². The van der Waals surface area contributed by atoms with Crippen molar-refractivity contribution in [2.45, 2.75) is 38.5 Å². The fourth-order valence-corrected chi connectivity index (χ4v) is 5.94. The highest BCUT2D eigenvalue weighted by atomic mass is 35.7. The smallest absolute Gasteiger partial charge is 0.212 e. The molecule has 0 aliphatic heterocycles. The fourth-order valence-electron chi connectivity index (χ4n) is 4.21. The van der Waals surface area contributed by atoms with Crippen LogP contribution >= 0.6 is 10.7 Å². The number of rotatable bonds is 3. The molecule has 4 rings (SSSR count). The first-order valence-electron chi connectivity index (χ1n) is 6.24. The number of aryl methyl sites for hydroxylation is 2. The first-order chi connectivity index (χ1) is 8.24. The number of hydrogen-bond donors (Lipinski definition) is 0. The van der Waals surface area contributed by atoms with E-state index in [1.54, 1.807) is 0 Å². The highest BCUT2D eigenvalue weighted by Crippen LogP contribution is 2.74. The molecule has 3 aliphatic carbocycles. The van der Waals surface area contributed by atoms with Crippen LogP contribution in [0.25, 0.3) is 0 Å². The Bertz CT molecular complexity index is 599. The van der Waals surface area contributed by atoms with Gasteiger partial charge in [0.2, 0.25) is 9.05 Å². The van der Waals surface area contributed by atoms with E-state index in [9.17, 15) is 8.42 Å². The summed E-state index contributed by atoms with van der Waals surface area (Å²) in [5.74, 6) is 0.147. The average molecular weight is 285 g/mol. The lowest BCUT2D eigenvalue weighted by atomic mass is 9.34. The third-order valence-electron chi connectivity index (χ3n) is 4.57. The average Bonchev–Trinajstić information content (AvgIpc) is 2.08. The zero-order chi connectivity index (χ0) is 13.2. The van der Waals surface area contributed by atoms with Crippen molar-refractivity contribution >= 4 is 19.7 Å². The molecular weight excluding hydrogens is 268 g/mol. The van der Waals surface area contributed by atoms with E-state index in [0.717, 1.165) is 19.3 Å². The van der Waals surface area contributed by atoms with Crippen molar-refractivity contribution in [3.05, 3.63) is 34.9 Å². The van der Waals surface area contributed by atoms with Crippen molar-refractivity contribution in [3.63, 3.8) is 0 Å². The molecule has 0 radical (unpaired) electrons. The van der Waals surface area contributed by atoms with Crippen molar-refractivity contribution < 1.29 is 8.42 Å². The van der Waals surface area contributed by atoms with Gasteiger partial charge in [0, 0.05) is 10.7 Å². The summed E-state index contributed by atoms with van der Waals surface area (Å²) < 4.78 is 22.4. The van der Waals surface area contributed by atoms with Gasteiger partial charge in [-0.15, -0.1) is 0 Å². The number of hydrogen-bond acceptors (Lipinski definition) is 2. The van der Waals surface area contributed by atoms with Crippen molar-refractivity contribution in [2.24, 2.45) is 5.41 Å². The molecule has 1 aromatic rings. The topological polar surface area (TPSA) is 34.1 Å². The van der Waals surface area contributed by atoms with Crippen LogP contribution in [0, 0.1) is 19.3 Å². The highest BCUT2D eigenvalue weighted by Gasteiger charge is 2.69. The summed E-state index contributed by atoms with van der Waals surface area (Å²) in [6.07, 6.45) is 2.95. The lowest BCUT2D eigenvalue weighted by Gasteiger charge is -2.71. The molecule has 4 heteroatoms. The van der Waals surface area contributed by atoms with Crippen LogP contribution in [0.15, 0.2) is 18.2 Å². The van der Waals surface area contributed by atoms with Gasteiger partial charge in [0.25, 0.3) is 0 Å². The summed E-state index contributed by atoms with van der Waals surface area (Å²) >= 11 is 0. The minimum absolute atomic E-state index is 0.0160. The van der Waals surface area contributed by atoms with Crippen LogP contribution in [0.1, 0.15) is 36.0 Å². The second-order valence-corrected chi connectivity index (χ2v) is 9.09. The maximum absolute atomic E-state index is 11.2. The van der Waals surface area contributed by atoms with Gasteiger partial charge in [0.05, 0.1) is 5.75 Å². The molecule has 0 unspecified atom stereocenters. The largest absolute Gasteiger partial charge is 0.233 e. The zero-order valence-corrected chi connectivity index (χ0v) is 12.2. The lowest BCUT2D eigenvalue weighted by Crippen LogP contribution is -2.66. The first-order valence-corrected chi connectivity index (χ1v) is 8.72. The summed E-state index contributed by atoms with van der Waals surface area (Å²) in [5, 5.41) is 0. The molecule has 0 atom stereocenters. The molecule has 0 spiro atoms. The zero-order valence-electron chi connectivity index (χ0n) is 10.7. The summed E-state index contributed by atoms with van der Waals surface area (Å²) in [6.45, 7) is 4.24.